The van der Waals surface area contributed by atoms with Gasteiger partial charge in [-0.3, -0.25) is 10.1 Å². The van der Waals surface area contributed by atoms with E-state index in [9.17, 15) is 15.2 Å². The van der Waals surface area contributed by atoms with Gasteiger partial charge in [-0.15, -0.1) is 0 Å². The lowest BCUT2D eigenvalue weighted by molar-refractivity contribution is -0.384. The van der Waals surface area contributed by atoms with Crippen molar-refractivity contribution in [3.8, 4) is 5.75 Å². The molecule has 2 aromatic rings. The first-order valence-corrected chi connectivity index (χ1v) is 4.53. The van der Waals surface area contributed by atoms with Crippen molar-refractivity contribution in [2.45, 2.75) is 0 Å². The monoisotopic (exact) mass is 223 g/mol. The zero-order valence-corrected chi connectivity index (χ0v) is 8.23. The van der Waals surface area contributed by atoms with Crippen LogP contribution in [0.25, 0.3) is 10.8 Å². The minimum Gasteiger partial charge on any atom is -0.506 e. The number of phenols is 1. The highest BCUT2D eigenvalue weighted by Gasteiger charge is 2.09. The quantitative estimate of drug-likeness (QED) is 0.597. The van der Waals surface area contributed by atoms with Crippen molar-refractivity contribution in [1.29, 1.82) is 0 Å². The van der Waals surface area contributed by atoms with Crippen LogP contribution in [0.3, 0.4) is 0 Å². The summed E-state index contributed by atoms with van der Waals surface area (Å²) in [7, 11) is 0. The van der Waals surface area contributed by atoms with Crippen molar-refractivity contribution in [3.05, 3.63) is 45.5 Å². The SMILES string of the molecule is O=[N+]([O-])c1ccc2c(Cl)c(O)ccc2c1. The lowest BCUT2D eigenvalue weighted by Gasteiger charge is -2.02. The molecule has 5 heteroatoms. The fraction of sp³-hybridized carbons (Fsp3) is 0. The Hall–Kier alpha value is -1.81. The minimum atomic E-state index is -0.472. The van der Waals surface area contributed by atoms with Gasteiger partial charge in [-0.05, 0) is 17.5 Å². The van der Waals surface area contributed by atoms with Gasteiger partial charge < -0.3 is 5.11 Å². The number of benzene rings is 2. The fourth-order valence-corrected chi connectivity index (χ4v) is 1.62. The highest BCUT2D eigenvalue weighted by atomic mass is 35.5. The molecular formula is C10H6ClNO3. The smallest absolute Gasteiger partial charge is 0.270 e. The van der Waals surface area contributed by atoms with Crippen molar-refractivity contribution >= 4 is 28.1 Å². The molecule has 0 radical (unpaired) electrons. The first kappa shape index (κ1) is 9.73. The Morgan fingerprint density at radius 3 is 2.67 bits per heavy atom. The Morgan fingerprint density at radius 2 is 2.00 bits per heavy atom. The molecule has 0 saturated heterocycles. The number of nitro benzene ring substituents is 1. The molecule has 0 saturated carbocycles. The summed E-state index contributed by atoms with van der Waals surface area (Å²) in [6.07, 6.45) is 0. The predicted octanol–water partition coefficient (Wildman–Crippen LogP) is 3.11. The van der Waals surface area contributed by atoms with Gasteiger partial charge in [0.1, 0.15) is 5.75 Å². The van der Waals surface area contributed by atoms with Gasteiger partial charge in [0.25, 0.3) is 5.69 Å². The number of rotatable bonds is 1. The molecule has 0 heterocycles. The van der Waals surface area contributed by atoms with Gasteiger partial charge in [-0.1, -0.05) is 17.7 Å². The molecular weight excluding hydrogens is 218 g/mol. The number of aromatic hydroxyl groups is 1. The first-order valence-electron chi connectivity index (χ1n) is 4.15. The molecule has 15 heavy (non-hydrogen) atoms. The van der Waals surface area contributed by atoms with Crippen molar-refractivity contribution in [2.75, 3.05) is 0 Å². The molecule has 76 valence electrons. The van der Waals surface area contributed by atoms with Gasteiger partial charge in [-0.25, -0.2) is 0 Å². The third kappa shape index (κ3) is 1.59. The van der Waals surface area contributed by atoms with Gasteiger partial charge in [-0.2, -0.15) is 0 Å². The summed E-state index contributed by atoms with van der Waals surface area (Å²) in [4.78, 5) is 10.0. The van der Waals surface area contributed by atoms with E-state index in [1.807, 2.05) is 0 Å². The molecule has 0 bridgehead atoms. The van der Waals surface area contributed by atoms with E-state index in [4.69, 9.17) is 11.6 Å². The van der Waals surface area contributed by atoms with E-state index in [2.05, 4.69) is 0 Å². The van der Waals surface area contributed by atoms with E-state index in [0.29, 0.717) is 10.8 Å². The second-order valence-corrected chi connectivity index (χ2v) is 3.44. The maximum Gasteiger partial charge on any atom is 0.270 e. The van der Waals surface area contributed by atoms with E-state index in [-0.39, 0.29) is 16.5 Å². The molecule has 0 amide bonds. The van der Waals surface area contributed by atoms with Gasteiger partial charge in [0.2, 0.25) is 0 Å². The molecule has 1 N–H and O–H groups in total. The second-order valence-electron chi connectivity index (χ2n) is 3.06. The molecule has 4 nitrogen and oxygen atoms in total. The predicted molar refractivity (Wildman–Crippen MR) is 57.3 cm³/mol. The van der Waals surface area contributed by atoms with Crippen molar-refractivity contribution < 1.29 is 10.0 Å². The van der Waals surface area contributed by atoms with Crippen LogP contribution < -0.4 is 0 Å². The minimum absolute atomic E-state index is 0.00394. The Balaban J connectivity index is 2.75. The molecule has 0 aliphatic carbocycles. The summed E-state index contributed by atoms with van der Waals surface area (Å²) in [5.41, 5.74) is 0.00394. The maximum atomic E-state index is 10.5. The van der Waals surface area contributed by atoms with Crippen LogP contribution in [0.5, 0.6) is 5.75 Å². The number of hydrogen-bond donors (Lipinski definition) is 1. The fourth-order valence-electron chi connectivity index (χ4n) is 1.38. The summed E-state index contributed by atoms with van der Waals surface area (Å²) >= 11 is 5.84. The molecule has 0 aliphatic rings. The van der Waals surface area contributed by atoms with E-state index < -0.39 is 4.92 Å². The number of halogens is 1. The van der Waals surface area contributed by atoms with Crippen LogP contribution in [0.2, 0.25) is 5.02 Å². The number of hydrogen-bond acceptors (Lipinski definition) is 3. The standard InChI is InChI=1S/C10H6ClNO3/c11-10-8-3-2-7(12(14)15)5-6(8)1-4-9(10)13/h1-5,13H. The lowest BCUT2D eigenvalue weighted by atomic mass is 10.1. The largest absolute Gasteiger partial charge is 0.506 e. The van der Waals surface area contributed by atoms with Crippen molar-refractivity contribution in [1.82, 2.24) is 0 Å². The van der Waals surface area contributed by atoms with Gasteiger partial charge in [0.15, 0.2) is 0 Å². The summed E-state index contributed by atoms with van der Waals surface area (Å²) in [6, 6.07) is 7.29. The second kappa shape index (κ2) is 3.40. The van der Waals surface area contributed by atoms with Crippen molar-refractivity contribution in [3.63, 3.8) is 0 Å². The molecule has 0 spiro atoms. The topological polar surface area (TPSA) is 63.4 Å². The Kier molecular flexibility index (Phi) is 2.21. The number of nitro groups is 1. The van der Waals surface area contributed by atoms with Gasteiger partial charge in [0, 0.05) is 17.5 Å². The molecule has 2 rings (SSSR count). The third-order valence-electron chi connectivity index (χ3n) is 2.13. The van der Waals surface area contributed by atoms with Crippen LogP contribution in [0.15, 0.2) is 30.3 Å². The van der Waals surface area contributed by atoms with Gasteiger partial charge >= 0.3 is 0 Å². The summed E-state index contributed by atoms with van der Waals surface area (Å²) in [6.45, 7) is 0. The van der Waals surface area contributed by atoms with Crippen LogP contribution in [0.4, 0.5) is 5.69 Å². The van der Waals surface area contributed by atoms with Crippen LogP contribution in [0.1, 0.15) is 0 Å². The third-order valence-corrected chi connectivity index (χ3v) is 2.53. The normalized spacial score (nSPS) is 10.5. The first-order chi connectivity index (χ1) is 7.09. The van der Waals surface area contributed by atoms with Crippen LogP contribution in [-0.2, 0) is 0 Å². The average Bonchev–Trinajstić information content (AvgIpc) is 2.23. The summed E-state index contributed by atoms with van der Waals surface area (Å²) in [5, 5.41) is 21.3. The van der Waals surface area contributed by atoms with Crippen LogP contribution in [-0.4, -0.2) is 10.0 Å². The molecule has 0 fully saturated rings. The molecule has 0 unspecified atom stereocenters. The maximum absolute atomic E-state index is 10.5. The Labute approximate surface area is 89.9 Å². The highest BCUT2D eigenvalue weighted by molar-refractivity contribution is 6.37. The molecule has 0 aliphatic heterocycles. The zero-order valence-electron chi connectivity index (χ0n) is 7.48. The van der Waals surface area contributed by atoms with E-state index in [1.54, 1.807) is 6.07 Å². The average molecular weight is 224 g/mol. The van der Waals surface area contributed by atoms with Crippen LogP contribution >= 0.6 is 11.6 Å². The molecule has 0 atom stereocenters. The number of non-ortho nitro benzene ring substituents is 1. The zero-order chi connectivity index (χ0) is 11.0. The number of phenolic OH excluding ortho intramolecular Hbond substituents is 1. The summed E-state index contributed by atoms with van der Waals surface area (Å²) in [5.74, 6) is -0.0296. The lowest BCUT2D eigenvalue weighted by Crippen LogP contribution is -1.87. The Bertz CT molecular complexity index is 554. The molecule has 0 aromatic heterocycles. The van der Waals surface area contributed by atoms with Gasteiger partial charge in [0.05, 0.1) is 9.95 Å². The van der Waals surface area contributed by atoms with E-state index in [1.165, 1.54) is 24.3 Å². The van der Waals surface area contributed by atoms with E-state index >= 15 is 0 Å². The van der Waals surface area contributed by atoms with Crippen LogP contribution in [0, 0.1) is 10.1 Å². The van der Waals surface area contributed by atoms with E-state index in [0.717, 1.165) is 0 Å². The van der Waals surface area contributed by atoms with Crippen molar-refractivity contribution in [2.24, 2.45) is 0 Å². The number of fused-ring (bicyclic) bond motifs is 1. The molecule has 2 aromatic carbocycles. The summed E-state index contributed by atoms with van der Waals surface area (Å²) < 4.78 is 0. The number of nitrogens with zero attached hydrogens (tertiary/aromatic N) is 1. The highest BCUT2D eigenvalue weighted by Crippen LogP contribution is 2.33. The Morgan fingerprint density at radius 1 is 1.27 bits per heavy atom.